The van der Waals surface area contributed by atoms with Gasteiger partial charge in [-0.05, 0) is 30.4 Å². The lowest BCUT2D eigenvalue weighted by molar-refractivity contribution is 0.168. The Hall–Kier alpha value is -1.58. The minimum Gasteiger partial charge on any atom is -0.464 e. The maximum Gasteiger partial charge on any atom is 0.134 e. The zero-order chi connectivity index (χ0) is 12.4. The van der Waals surface area contributed by atoms with Gasteiger partial charge in [-0.2, -0.15) is 0 Å². The first-order valence-corrected chi connectivity index (χ1v) is 6.89. The summed E-state index contributed by atoms with van der Waals surface area (Å²) in [7, 11) is 0. The van der Waals surface area contributed by atoms with Crippen molar-refractivity contribution in [2.75, 3.05) is 0 Å². The molecule has 0 saturated carbocycles. The minimum absolute atomic E-state index is 0.462. The van der Waals surface area contributed by atoms with Crippen LogP contribution in [0.1, 0.15) is 23.0 Å². The molecular weight excluding hydrogens is 244 g/mol. The summed E-state index contributed by atoms with van der Waals surface area (Å²) in [6.45, 7) is 0. The number of hydrogen-bond donors (Lipinski definition) is 1. The van der Waals surface area contributed by atoms with Gasteiger partial charge in [0.05, 0.1) is 12.4 Å². The summed E-state index contributed by atoms with van der Waals surface area (Å²) < 4.78 is 5.45. The van der Waals surface area contributed by atoms with E-state index >= 15 is 0 Å². The van der Waals surface area contributed by atoms with Crippen LogP contribution in [0.4, 0.5) is 0 Å². The summed E-state index contributed by atoms with van der Waals surface area (Å²) in [6, 6.07) is 12.0. The number of thiophene rings is 1. The molecule has 0 saturated heterocycles. The van der Waals surface area contributed by atoms with Gasteiger partial charge in [0.15, 0.2) is 0 Å². The minimum atomic E-state index is -0.462. The summed E-state index contributed by atoms with van der Waals surface area (Å²) >= 11 is 1.73. The van der Waals surface area contributed by atoms with E-state index in [0.717, 1.165) is 29.4 Å². The Bertz CT molecular complexity index is 625. The Morgan fingerprint density at radius 1 is 1.17 bits per heavy atom. The molecule has 1 unspecified atom stereocenters. The molecule has 3 heteroatoms. The van der Waals surface area contributed by atoms with Crippen LogP contribution in [-0.4, -0.2) is 5.11 Å². The zero-order valence-corrected chi connectivity index (χ0v) is 10.7. The van der Waals surface area contributed by atoms with Gasteiger partial charge in [0.2, 0.25) is 0 Å². The quantitative estimate of drug-likeness (QED) is 0.762. The average Bonchev–Trinajstić information content (AvgIpc) is 3.05. The molecule has 18 heavy (non-hydrogen) atoms. The molecule has 0 amide bonds. The molecule has 0 aliphatic rings. The smallest absolute Gasteiger partial charge is 0.134 e. The Morgan fingerprint density at radius 2 is 2.06 bits per heavy atom. The largest absolute Gasteiger partial charge is 0.464 e. The van der Waals surface area contributed by atoms with Crippen molar-refractivity contribution >= 4 is 22.3 Å². The van der Waals surface area contributed by atoms with Crippen LogP contribution in [0.3, 0.4) is 0 Å². The Balaban J connectivity index is 1.77. The van der Waals surface area contributed by atoms with E-state index in [1.807, 2.05) is 30.3 Å². The van der Waals surface area contributed by atoms with Gasteiger partial charge < -0.3 is 9.52 Å². The standard InChI is InChI=1S/C15H14O2S/c16-14(8-7-11-4-3-9-18-11)13-10-17-15-6-2-1-5-12(13)15/h1-6,9-10,14,16H,7-8H2. The second kappa shape index (κ2) is 4.96. The molecule has 92 valence electrons. The molecule has 0 spiro atoms. The maximum atomic E-state index is 10.3. The number of rotatable bonds is 4. The molecule has 0 fully saturated rings. The number of fused-ring (bicyclic) bond motifs is 1. The molecule has 2 nitrogen and oxygen atoms in total. The van der Waals surface area contributed by atoms with Gasteiger partial charge in [-0.25, -0.2) is 0 Å². The third-order valence-electron chi connectivity index (χ3n) is 3.11. The van der Waals surface area contributed by atoms with Crippen LogP contribution >= 0.6 is 11.3 Å². The van der Waals surface area contributed by atoms with Gasteiger partial charge in [0, 0.05) is 15.8 Å². The fraction of sp³-hybridized carbons (Fsp3) is 0.200. The molecule has 1 N–H and O–H groups in total. The van der Waals surface area contributed by atoms with Crippen molar-refractivity contribution in [3.63, 3.8) is 0 Å². The molecule has 1 aromatic carbocycles. The summed E-state index contributed by atoms with van der Waals surface area (Å²) in [5.41, 5.74) is 1.73. The monoisotopic (exact) mass is 258 g/mol. The highest BCUT2D eigenvalue weighted by Crippen LogP contribution is 2.29. The molecule has 2 heterocycles. The van der Waals surface area contributed by atoms with Gasteiger partial charge in [-0.1, -0.05) is 24.3 Å². The summed E-state index contributed by atoms with van der Waals surface area (Å²) in [4.78, 5) is 1.31. The Labute approximate surface area is 109 Å². The normalized spacial score (nSPS) is 12.9. The molecule has 0 radical (unpaired) electrons. The fourth-order valence-electron chi connectivity index (χ4n) is 2.15. The molecule has 0 bridgehead atoms. The number of para-hydroxylation sites is 1. The first kappa shape index (κ1) is 11.5. The van der Waals surface area contributed by atoms with Crippen LogP contribution in [0.25, 0.3) is 11.0 Å². The van der Waals surface area contributed by atoms with Crippen LogP contribution < -0.4 is 0 Å². The lowest BCUT2D eigenvalue weighted by Gasteiger charge is -2.07. The second-order valence-electron chi connectivity index (χ2n) is 4.32. The second-order valence-corrected chi connectivity index (χ2v) is 5.35. The summed E-state index contributed by atoms with van der Waals surface area (Å²) in [5.74, 6) is 0. The van der Waals surface area contributed by atoms with Crippen molar-refractivity contribution in [3.8, 4) is 0 Å². The topological polar surface area (TPSA) is 33.4 Å². The molecule has 3 aromatic rings. The van der Waals surface area contributed by atoms with E-state index in [-0.39, 0.29) is 0 Å². The van der Waals surface area contributed by atoms with E-state index < -0.39 is 6.10 Å². The number of furan rings is 1. The fourth-order valence-corrected chi connectivity index (χ4v) is 2.87. The summed E-state index contributed by atoms with van der Waals surface area (Å²) in [5, 5.41) is 13.3. The lowest BCUT2D eigenvalue weighted by atomic mass is 10.0. The van der Waals surface area contributed by atoms with Crippen molar-refractivity contribution in [3.05, 3.63) is 58.5 Å². The Kier molecular flexibility index (Phi) is 3.17. The number of aryl methyl sites for hydroxylation is 1. The van der Waals surface area contributed by atoms with E-state index in [2.05, 4.69) is 11.4 Å². The predicted molar refractivity (Wildman–Crippen MR) is 73.8 cm³/mol. The van der Waals surface area contributed by atoms with E-state index in [1.165, 1.54) is 4.88 Å². The van der Waals surface area contributed by atoms with E-state index in [4.69, 9.17) is 4.42 Å². The van der Waals surface area contributed by atoms with Crippen LogP contribution in [0.2, 0.25) is 0 Å². The number of benzene rings is 1. The lowest BCUT2D eigenvalue weighted by Crippen LogP contribution is -1.97. The van der Waals surface area contributed by atoms with E-state index in [9.17, 15) is 5.11 Å². The van der Waals surface area contributed by atoms with Crippen molar-refractivity contribution in [2.45, 2.75) is 18.9 Å². The zero-order valence-electron chi connectivity index (χ0n) is 9.87. The molecular formula is C15H14O2S. The van der Waals surface area contributed by atoms with Gasteiger partial charge >= 0.3 is 0 Å². The number of hydrogen-bond acceptors (Lipinski definition) is 3. The highest BCUT2D eigenvalue weighted by atomic mass is 32.1. The third kappa shape index (κ3) is 2.19. The number of aliphatic hydroxyl groups is 1. The molecule has 2 aromatic heterocycles. The average molecular weight is 258 g/mol. The summed E-state index contributed by atoms with van der Waals surface area (Å²) in [6.07, 6.45) is 2.84. The van der Waals surface area contributed by atoms with Crippen molar-refractivity contribution < 1.29 is 9.52 Å². The highest BCUT2D eigenvalue weighted by Gasteiger charge is 2.14. The van der Waals surface area contributed by atoms with Crippen LogP contribution in [0, 0.1) is 0 Å². The van der Waals surface area contributed by atoms with Gasteiger partial charge in [-0.3, -0.25) is 0 Å². The van der Waals surface area contributed by atoms with Gasteiger partial charge in [-0.15, -0.1) is 11.3 Å². The van der Waals surface area contributed by atoms with E-state index in [0.29, 0.717) is 0 Å². The van der Waals surface area contributed by atoms with Crippen LogP contribution in [0.5, 0.6) is 0 Å². The van der Waals surface area contributed by atoms with Crippen molar-refractivity contribution in [1.29, 1.82) is 0 Å². The number of aliphatic hydroxyl groups excluding tert-OH is 1. The first-order valence-electron chi connectivity index (χ1n) is 6.01. The predicted octanol–water partition coefficient (Wildman–Crippen LogP) is 4.16. The molecule has 0 aliphatic heterocycles. The van der Waals surface area contributed by atoms with Gasteiger partial charge in [0.1, 0.15) is 5.58 Å². The van der Waals surface area contributed by atoms with Crippen molar-refractivity contribution in [1.82, 2.24) is 0 Å². The molecule has 1 atom stereocenters. The molecule has 0 aliphatic carbocycles. The van der Waals surface area contributed by atoms with Gasteiger partial charge in [0.25, 0.3) is 0 Å². The molecule has 3 rings (SSSR count). The Morgan fingerprint density at radius 3 is 2.89 bits per heavy atom. The van der Waals surface area contributed by atoms with Crippen LogP contribution in [0.15, 0.2) is 52.5 Å². The van der Waals surface area contributed by atoms with Crippen LogP contribution in [-0.2, 0) is 6.42 Å². The maximum absolute atomic E-state index is 10.3. The third-order valence-corrected chi connectivity index (χ3v) is 4.05. The van der Waals surface area contributed by atoms with Crippen molar-refractivity contribution in [2.24, 2.45) is 0 Å². The highest BCUT2D eigenvalue weighted by molar-refractivity contribution is 7.09. The first-order chi connectivity index (χ1) is 8.84. The SMILES string of the molecule is OC(CCc1cccs1)c1coc2ccccc12. The van der Waals surface area contributed by atoms with E-state index in [1.54, 1.807) is 17.6 Å².